The van der Waals surface area contributed by atoms with Gasteiger partial charge in [-0.15, -0.1) is 6.58 Å². The molecule has 0 aliphatic heterocycles. The highest BCUT2D eigenvalue weighted by atomic mass is 14.7. The van der Waals surface area contributed by atoms with Gasteiger partial charge in [0.05, 0.1) is 11.4 Å². The molecule has 0 radical (unpaired) electrons. The number of hydrogen-bond acceptors (Lipinski definition) is 2. The largest absolute Gasteiger partial charge is 0.397 e. The maximum atomic E-state index is 6.06. The highest BCUT2D eigenvalue weighted by Gasteiger charge is 2.19. The third kappa shape index (κ3) is 3.32. The molecule has 2 nitrogen and oxygen atoms in total. The second-order valence-electron chi connectivity index (χ2n) is 5.21. The second-order valence-corrected chi connectivity index (χ2v) is 5.21. The zero-order valence-corrected chi connectivity index (χ0v) is 11.4. The van der Waals surface area contributed by atoms with Crippen molar-refractivity contribution in [1.29, 1.82) is 0 Å². The quantitative estimate of drug-likeness (QED) is 0.788. The summed E-state index contributed by atoms with van der Waals surface area (Å²) in [5.41, 5.74) is 9.03. The van der Waals surface area contributed by atoms with Gasteiger partial charge in [0.25, 0.3) is 0 Å². The van der Waals surface area contributed by atoms with E-state index in [9.17, 15) is 0 Å². The number of allylic oxidation sites excluding steroid dienone is 1. The number of rotatable bonds is 5. The average molecular weight is 232 g/mol. The predicted molar refractivity (Wildman–Crippen MR) is 74.8 cm³/mol. The molecule has 2 atom stereocenters. The molecule has 2 N–H and O–H groups in total. The van der Waals surface area contributed by atoms with Gasteiger partial charge in [0.2, 0.25) is 0 Å². The minimum atomic E-state index is 0.530. The van der Waals surface area contributed by atoms with E-state index in [1.54, 1.807) is 0 Å². The standard InChI is InChI=1S/C15H24N2/c1-6-14(10(2)3)11(4)9-13-7-8-17-12(5)15(13)16/h6-8,10-11,14H,1,9,16H2,2-5H3. The summed E-state index contributed by atoms with van der Waals surface area (Å²) in [4.78, 5) is 4.20. The summed E-state index contributed by atoms with van der Waals surface area (Å²) in [5, 5.41) is 0. The van der Waals surface area contributed by atoms with Crippen LogP contribution in [0.4, 0.5) is 5.69 Å². The van der Waals surface area contributed by atoms with E-state index in [4.69, 9.17) is 5.73 Å². The summed E-state index contributed by atoms with van der Waals surface area (Å²) in [6, 6.07) is 2.03. The van der Waals surface area contributed by atoms with Crippen LogP contribution in [0, 0.1) is 24.7 Å². The fourth-order valence-electron chi connectivity index (χ4n) is 2.45. The molecule has 0 saturated carbocycles. The van der Waals surface area contributed by atoms with E-state index < -0.39 is 0 Å². The van der Waals surface area contributed by atoms with Crippen LogP contribution in [-0.4, -0.2) is 4.98 Å². The van der Waals surface area contributed by atoms with Crippen molar-refractivity contribution in [2.75, 3.05) is 5.73 Å². The number of nitrogen functional groups attached to an aromatic ring is 1. The Morgan fingerprint density at radius 2 is 2.06 bits per heavy atom. The zero-order valence-electron chi connectivity index (χ0n) is 11.4. The van der Waals surface area contributed by atoms with Crippen LogP contribution in [0.2, 0.25) is 0 Å². The van der Waals surface area contributed by atoms with Gasteiger partial charge in [-0.25, -0.2) is 0 Å². The van der Waals surface area contributed by atoms with Crippen LogP contribution in [0.3, 0.4) is 0 Å². The van der Waals surface area contributed by atoms with Crippen LogP contribution in [0.1, 0.15) is 32.0 Å². The van der Waals surface area contributed by atoms with E-state index in [1.165, 1.54) is 5.56 Å². The van der Waals surface area contributed by atoms with Crippen LogP contribution < -0.4 is 5.73 Å². The van der Waals surface area contributed by atoms with Crippen molar-refractivity contribution >= 4 is 5.69 Å². The van der Waals surface area contributed by atoms with Crippen molar-refractivity contribution in [1.82, 2.24) is 4.98 Å². The van der Waals surface area contributed by atoms with Crippen molar-refractivity contribution < 1.29 is 0 Å². The first kappa shape index (κ1) is 13.8. The zero-order chi connectivity index (χ0) is 13.0. The SMILES string of the molecule is C=CC(C(C)C)C(C)Cc1ccnc(C)c1N. The van der Waals surface area contributed by atoms with Gasteiger partial charge in [-0.3, -0.25) is 4.98 Å². The molecule has 1 aromatic heterocycles. The number of aryl methyl sites for hydroxylation is 1. The number of pyridine rings is 1. The summed E-state index contributed by atoms with van der Waals surface area (Å²) < 4.78 is 0. The molecule has 17 heavy (non-hydrogen) atoms. The molecule has 1 aromatic rings. The molecule has 0 bridgehead atoms. The lowest BCUT2D eigenvalue weighted by molar-refractivity contribution is 0.333. The molecule has 1 rings (SSSR count). The van der Waals surface area contributed by atoms with E-state index in [0.29, 0.717) is 17.8 Å². The van der Waals surface area contributed by atoms with Gasteiger partial charge in [-0.2, -0.15) is 0 Å². The average Bonchev–Trinajstić information content (AvgIpc) is 2.25. The van der Waals surface area contributed by atoms with Crippen molar-refractivity contribution in [2.45, 2.75) is 34.1 Å². The predicted octanol–water partition coefficient (Wildman–Crippen LogP) is 3.61. The van der Waals surface area contributed by atoms with Crippen molar-refractivity contribution in [2.24, 2.45) is 17.8 Å². The molecule has 1 heterocycles. The topological polar surface area (TPSA) is 38.9 Å². The number of hydrogen-bond donors (Lipinski definition) is 1. The lowest BCUT2D eigenvalue weighted by atomic mass is 9.81. The molecule has 0 fully saturated rings. The molecule has 0 aliphatic carbocycles. The minimum Gasteiger partial charge on any atom is -0.397 e. The van der Waals surface area contributed by atoms with E-state index in [2.05, 4.69) is 38.4 Å². The van der Waals surface area contributed by atoms with Crippen LogP contribution >= 0.6 is 0 Å². The van der Waals surface area contributed by atoms with E-state index in [1.807, 2.05) is 19.2 Å². The summed E-state index contributed by atoms with van der Waals surface area (Å²) >= 11 is 0. The third-order valence-corrected chi connectivity index (χ3v) is 3.52. The maximum Gasteiger partial charge on any atom is 0.0604 e. The van der Waals surface area contributed by atoms with Crippen molar-refractivity contribution in [3.05, 3.63) is 36.2 Å². The molecule has 2 unspecified atom stereocenters. The second kappa shape index (κ2) is 5.85. The van der Waals surface area contributed by atoms with Crippen molar-refractivity contribution in [3.63, 3.8) is 0 Å². The Kier molecular flexibility index (Phi) is 4.73. The van der Waals surface area contributed by atoms with Gasteiger partial charge in [0.15, 0.2) is 0 Å². The molecule has 0 aliphatic rings. The molecule has 0 amide bonds. The molecular weight excluding hydrogens is 208 g/mol. The summed E-state index contributed by atoms with van der Waals surface area (Å²) in [7, 11) is 0. The van der Waals surface area contributed by atoms with Crippen LogP contribution in [0.15, 0.2) is 24.9 Å². The normalized spacial score (nSPS) is 14.6. The molecule has 0 aromatic carbocycles. The maximum absolute atomic E-state index is 6.06. The fraction of sp³-hybridized carbons (Fsp3) is 0.533. The van der Waals surface area contributed by atoms with Gasteiger partial charge in [-0.05, 0) is 42.7 Å². The molecule has 0 saturated heterocycles. The molecule has 2 heteroatoms. The van der Waals surface area contributed by atoms with Gasteiger partial charge in [-0.1, -0.05) is 26.8 Å². The Balaban J connectivity index is 2.83. The van der Waals surface area contributed by atoms with E-state index in [-0.39, 0.29) is 0 Å². The number of aromatic nitrogens is 1. The first-order valence-electron chi connectivity index (χ1n) is 6.29. The monoisotopic (exact) mass is 232 g/mol. The fourth-order valence-corrected chi connectivity index (χ4v) is 2.45. The highest BCUT2D eigenvalue weighted by Crippen LogP contribution is 2.27. The Hall–Kier alpha value is -1.31. The molecular formula is C15H24N2. The Morgan fingerprint density at radius 1 is 1.41 bits per heavy atom. The smallest absolute Gasteiger partial charge is 0.0604 e. The minimum absolute atomic E-state index is 0.530. The highest BCUT2D eigenvalue weighted by molar-refractivity contribution is 5.49. The first-order chi connectivity index (χ1) is 7.97. The number of anilines is 1. The van der Waals surface area contributed by atoms with Gasteiger partial charge < -0.3 is 5.73 Å². The Labute approximate surface area is 105 Å². The van der Waals surface area contributed by atoms with Crippen molar-refractivity contribution in [3.8, 4) is 0 Å². The van der Waals surface area contributed by atoms with Gasteiger partial charge in [0.1, 0.15) is 0 Å². The lowest BCUT2D eigenvalue weighted by Gasteiger charge is -2.25. The van der Waals surface area contributed by atoms with E-state index in [0.717, 1.165) is 17.8 Å². The third-order valence-electron chi connectivity index (χ3n) is 3.52. The summed E-state index contributed by atoms with van der Waals surface area (Å²) in [6.45, 7) is 12.6. The lowest BCUT2D eigenvalue weighted by Crippen LogP contribution is -2.18. The Bertz CT molecular complexity index is 383. The summed E-state index contributed by atoms with van der Waals surface area (Å²) in [6.07, 6.45) is 4.90. The van der Waals surface area contributed by atoms with Gasteiger partial charge in [0, 0.05) is 6.20 Å². The summed E-state index contributed by atoms with van der Waals surface area (Å²) in [5.74, 6) is 1.70. The van der Waals surface area contributed by atoms with Gasteiger partial charge >= 0.3 is 0 Å². The molecule has 94 valence electrons. The molecule has 0 spiro atoms. The van der Waals surface area contributed by atoms with E-state index >= 15 is 0 Å². The number of nitrogens with two attached hydrogens (primary N) is 1. The van der Waals surface area contributed by atoms with Crippen LogP contribution in [0.25, 0.3) is 0 Å². The van der Waals surface area contributed by atoms with Crippen LogP contribution in [0.5, 0.6) is 0 Å². The first-order valence-corrected chi connectivity index (χ1v) is 6.29. The number of nitrogens with zero attached hydrogens (tertiary/aromatic N) is 1. The van der Waals surface area contributed by atoms with Crippen LogP contribution in [-0.2, 0) is 6.42 Å². The Morgan fingerprint density at radius 3 is 2.59 bits per heavy atom.